The van der Waals surface area contributed by atoms with E-state index < -0.39 is 70.7 Å². The second-order valence-electron chi connectivity index (χ2n) is 9.77. The van der Waals surface area contributed by atoms with Crippen molar-refractivity contribution in [3.05, 3.63) is 59.2 Å². The van der Waals surface area contributed by atoms with Crippen molar-refractivity contribution in [3.63, 3.8) is 0 Å². The van der Waals surface area contributed by atoms with Gasteiger partial charge in [-0.25, -0.2) is 0 Å². The molecule has 1 aliphatic heterocycles. The number of ketones is 1. The van der Waals surface area contributed by atoms with Crippen LogP contribution in [-0.2, 0) is 20.6 Å². The zero-order valence-electron chi connectivity index (χ0n) is 21.7. The Morgan fingerprint density at radius 3 is 2.36 bits per heavy atom. The van der Waals surface area contributed by atoms with Gasteiger partial charge in [-0.2, -0.15) is 22.0 Å². The second kappa shape index (κ2) is 12.5. The maximum atomic E-state index is 13.4. The topological polar surface area (TPSA) is 143 Å². The highest BCUT2D eigenvalue weighted by molar-refractivity contribution is 6.38. The molecule has 0 radical (unpaired) electrons. The quantitative estimate of drug-likeness (QED) is 0.232. The third kappa shape index (κ3) is 7.79. The van der Waals surface area contributed by atoms with Crippen LogP contribution < -0.4 is 26.0 Å². The number of nitrogens with one attached hydrogen (secondary N) is 4. The molecule has 1 saturated heterocycles. The molecule has 2 fully saturated rings. The highest BCUT2D eigenvalue weighted by Gasteiger charge is 2.36. The maximum Gasteiger partial charge on any atom is 0.416 e. The predicted molar refractivity (Wildman–Crippen MR) is 136 cm³/mol. The van der Waals surface area contributed by atoms with Gasteiger partial charge in [0.1, 0.15) is 5.75 Å². The Bertz CT molecular complexity index is 1400. The van der Waals surface area contributed by atoms with Crippen molar-refractivity contribution in [2.24, 2.45) is 5.92 Å². The molecule has 42 heavy (non-hydrogen) atoms. The Labute approximate surface area is 235 Å². The highest BCUT2D eigenvalue weighted by atomic mass is 19.4. The molecule has 2 atom stereocenters. The number of amides is 4. The fraction of sp³-hybridized carbons (Fsp3) is 0.370. The van der Waals surface area contributed by atoms with Gasteiger partial charge < -0.3 is 26.0 Å². The first-order chi connectivity index (χ1) is 19.8. The summed E-state index contributed by atoms with van der Waals surface area (Å²) in [6.07, 6.45) is -3.30. The summed E-state index contributed by atoms with van der Waals surface area (Å²) in [6, 6.07) is 4.59. The van der Waals surface area contributed by atoms with Crippen LogP contribution in [0.4, 0.5) is 27.6 Å². The minimum absolute atomic E-state index is 0.187. The molecule has 4 N–H and O–H groups in total. The number of alkyl halides is 5. The molecule has 0 bridgehead atoms. The van der Waals surface area contributed by atoms with E-state index in [-0.39, 0.29) is 24.1 Å². The van der Waals surface area contributed by atoms with Gasteiger partial charge in [-0.15, -0.1) is 0 Å². The fourth-order valence-electron chi connectivity index (χ4n) is 4.29. The van der Waals surface area contributed by atoms with Crippen molar-refractivity contribution in [3.8, 4) is 5.75 Å². The van der Waals surface area contributed by atoms with E-state index in [4.69, 9.17) is 0 Å². The van der Waals surface area contributed by atoms with E-state index in [1.165, 1.54) is 0 Å². The number of ether oxygens (including phenoxy) is 1. The first-order valence-electron chi connectivity index (χ1n) is 12.8. The van der Waals surface area contributed by atoms with Crippen LogP contribution in [0.3, 0.4) is 0 Å². The minimum Gasteiger partial charge on any atom is -0.435 e. The minimum atomic E-state index is -4.74. The molecule has 1 saturated carbocycles. The Hall–Kier alpha value is -4.56. The van der Waals surface area contributed by atoms with Gasteiger partial charge in [0.05, 0.1) is 22.9 Å². The molecule has 2 aromatic carbocycles. The third-order valence-corrected chi connectivity index (χ3v) is 6.60. The first kappa shape index (κ1) is 30.4. The average molecular weight is 597 g/mol. The molecule has 15 heteroatoms. The molecule has 1 aliphatic carbocycles. The molecule has 4 rings (SSSR count). The lowest BCUT2D eigenvalue weighted by Gasteiger charge is -2.21. The van der Waals surface area contributed by atoms with Crippen molar-refractivity contribution in [1.82, 2.24) is 16.0 Å². The van der Waals surface area contributed by atoms with Gasteiger partial charge >= 0.3 is 12.8 Å². The zero-order valence-corrected chi connectivity index (χ0v) is 21.7. The molecule has 2 aromatic rings. The van der Waals surface area contributed by atoms with E-state index in [0.717, 1.165) is 36.4 Å². The van der Waals surface area contributed by atoms with Gasteiger partial charge in [-0.1, -0.05) is 6.07 Å². The molecular formula is C27H25F5N4O6. The lowest BCUT2D eigenvalue weighted by atomic mass is 9.95. The number of carbonyl (C=O) groups excluding carboxylic acids is 5. The average Bonchev–Trinajstić information content (AvgIpc) is 3.66. The third-order valence-electron chi connectivity index (χ3n) is 6.60. The van der Waals surface area contributed by atoms with Gasteiger partial charge in [-0.3, -0.25) is 24.0 Å². The zero-order chi connectivity index (χ0) is 30.6. The normalized spacial score (nSPS) is 17.3. The Morgan fingerprint density at radius 2 is 1.74 bits per heavy atom. The molecule has 224 valence electrons. The number of hydrogen-bond donors (Lipinski definition) is 4. The van der Waals surface area contributed by atoms with Crippen molar-refractivity contribution in [2.45, 2.75) is 50.6 Å². The van der Waals surface area contributed by atoms with Crippen molar-refractivity contribution in [2.75, 3.05) is 11.9 Å². The van der Waals surface area contributed by atoms with Crippen LogP contribution in [0.15, 0.2) is 42.5 Å². The highest BCUT2D eigenvalue weighted by Crippen LogP contribution is 2.30. The summed E-state index contributed by atoms with van der Waals surface area (Å²) in [4.78, 5) is 63.9. The van der Waals surface area contributed by atoms with E-state index in [2.05, 4.69) is 26.0 Å². The van der Waals surface area contributed by atoms with Gasteiger partial charge in [0.25, 0.3) is 17.7 Å². The summed E-state index contributed by atoms with van der Waals surface area (Å²) < 4.78 is 69.5. The number of hydrogen-bond acceptors (Lipinski definition) is 6. The maximum absolute atomic E-state index is 13.4. The van der Waals surface area contributed by atoms with Crippen LogP contribution in [0.1, 0.15) is 52.0 Å². The molecule has 2 unspecified atom stereocenters. The first-order valence-corrected chi connectivity index (χ1v) is 12.8. The monoisotopic (exact) mass is 596 g/mol. The van der Waals surface area contributed by atoms with Gasteiger partial charge in [-0.05, 0) is 62.1 Å². The fourth-order valence-corrected chi connectivity index (χ4v) is 4.29. The van der Waals surface area contributed by atoms with E-state index >= 15 is 0 Å². The standard InChI is InChI=1S/C27H25F5N4O6/c28-26(29)42-17-6-7-19(35-23(39)13-2-1-3-15(10-13)27(30,31)32)18(12-17)24(40)36-20(11-14-8-9-33-22(14)38)21(37)25(41)34-16-4-5-16/h1-3,6-7,10,12,14,16,20,26H,4-5,8-9,11H2,(H,33,38)(H,34,41)(H,35,39)(H,36,40). The van der Waals surface area contributed by atoms with Crippen LogP contribution >= 0.6 is 0 Å². The smallest absolute Gasteiger partial charge is 0.416 e. The summed E-state index contributed by atoms with van der Waals surface area (Å²) in [5.74, 6) is -5.77. The van der Waals surface area contributed by atoms with Crippen LogP contribution in [0.2, 0.25) is 0 Å². The van der Waals surface area contributed by atoms with Gasteiger partial charge in [0.2, 0.25) is 11.7 Å². The van der Waals surface area contributed by atoms with Crippen molar-refractivity contribution < 1.29 is 50.7 Å². The summed E-state index contributed by atoms with van der Waals surface area (Å²) in [5.41, 5.74) is -2.33. The van der Waals surface area contributed by atoms with Crippen LogP contribution in [0, 0.1) is 5.92 Å². The number of Topliss-reactive ketones (excluding diaryl/α,β-unsaturated/α-hetero) is 1. The summed E-state index contributed by atoms with van der Waals surface area (Å²) in [7, 11) is 0. The Morgan fingerprint density at radius 1 is 1.00 bits per heavy atom. The van der Waals surface area contributed by atoms with Crippen LogP contribution in [0.25, 0.3) is 0 Å². The summed E-state index contributed by atoms with van der Waals surface area (Å²) >= 11 is 0. The number of anilines is 1. The number of carbonyl (C=O) groups is 5. The molecule has 10 nitrogen and oxygen atoms in total. The SMILES string of the molecule is O=C(NC1CC1)C(=O)C(CC1CCNC1=O)NC(=O)c1cc(OC(F)F)ccc1NC(=O)c1cccc(C(F)(F)F)c1. The molecule has 0 spiro atoms. The van der Waals surface area contributed by atoms with Crippen molar-refractivity contribution >= 4 is 35.1 Å². The molecule has 0 aromatic heterocycles. The summed E-state index contributed by atoms with van der Waals surface area (Å²) in [5, 5.41) is 9.70. The number of benzene rings is 2. The lowest BCUT2D eigenvalue weighted by molar-refractivity contribution is -0.139. The number of rotatable bonds is 11. The van der Waals surface area contributed by atoms with Gasteiger partial charge in [0.15, 0.2) is 0 Å². The van der Waals surface area contributed by atoms with E-state index in [1.807, 2.05) is 0 Å². The van der Waals surface area contributed by atoms with Crippen molar-refractivity contribution in [1.29, 1.82) is 0 Å². The molecule has 4 amide bonds. The van der Waals surface area contributed by atoms with E-state index in [0.29, 0.717) is 31.9 Å². The van der Waals surface area contributed by atoms with E-state index in [1.54, 1.807) is 0 Å². The Kier molecular flexibility index (Phi) is 9.07. The van der Waals surface area contributed by atoms with E-state index in [9.17, 15) is 45.9 Å². The largest absolute Gasteiger partial charge is 0.435 e. The number of halogens is 5. The predicted octanol–water partition coefficient (Wildman–Crippen LogP) is 3.03. The second-order valence-corrected chi connectivity index (χ2v) is 9.77. The molecule has 2 aliphatic rings. The van der Waals surface area contributed by atoms with Crippen LogP contribution in [-0.4, -0.2) is 54.7 Å². The molecule has 1 heterocycles. The molecular weight excluding hydrogens is 571 g/mol. The van der Waals surface area contributed by atoms with Gasteiger partial charge in [0, 0.05) is 24.1 Å². The Balaban J connectivity index is 1.61. The van der Waals surface area contributed by atoms with Crippen LogP contribution in [0.5, 0.6) is 5.75 Å². The lowest BCUT2D eigenvalue weighted by Crippen LogP contribution is -2.49. The summed E-state index contributed by atoms with van der Waals surface area (Å²) in [6.45, 7) is -2.96.